The fourth-order valence-corrected chi connectivity index (χ4v) is 2.41. The van der Waals surface area contributed by atoms with Gasteiger partial charge >= 0.3 is 0 Å². The van der Waals surface area contributed by atoms with Gasteiger partial charge in [0.05, 0.1) is 0 Å². The van der Waals surface area contributed by atoms with E-state index in [4.69, 9.17) is 4.55 Å². The molecule has 1 N–H and O–H groups in total. The lowest BCUT2D eigenvalue weighted by molar-refractivity contribution is 0.453. The fraction of sp³-hybridized carbons (Fsp3) is 0.333. The van der Waals surface area contributed by atoms with Crippen molar-refractivity contribution in [2.24, 2.45) is 5.92 Å². The Morgan fingerprint density at radius 1 is 1.57 bits per heavy atom. The molecule has 1 aromatic heterocycles. The predicted molar refractivity (Wildman–Crippen MR) is 53.0 cm³/mol. The molecule has 14 heavy (non-hydrogen) atoms. The minimum Gasteiger partial charge on any atom is -0.285 e. The van der Waals surface area contributed by atoms with E-state index in [1.54, 1.807) is 19.1 Å². The van der Waals surface area contributed by atoms with Crippen LogP contribution in [-0.2, 0) is 10.1 Å². The first-order valence-corrected chi connectivity index (χ1v) is 5.62. The van der Waals surface area contributed by atoms with Crippen molar-refractivity contribution in [3.63, 3.8) is 0 Å². The number of aromatic nitrogens is 1. The van der Waals surface area contributed by atoms with E-state index in [1.165, 1.54) is 12.4 Å². The minimum absolute atomic E-state index is 0.436. The standard InChI is InChI=1S/C9H12NO3S/c1-7(2)9(14(11,12)13)8-4-3-5-10-6-8/h3-7,9H,1H2,2H3,(H,11,12,13). The van der Waals surface area contributed by atoms with Crippen LogP contribution < -0.4 is 0 Å². The van der Waals surface area contributed by atoms with Crippen LogP contribution in [0.1, 0.15) is 17.7 Å². The SMILES string of the molecule is [CH2]C(C)C(c1cccnc1)S(=O)(=O)O. The molecule has 0 saturated heterocycles. The summed E-state index contributed by atoms with van der Waals surface area (Å²) in [5, 5.41) is -1.00. The number of hydrogen-bond acceptors (Lipinski definition) is 3. The number of rotatable bonds is 3. The molecular formula is C9H12NO3S. The van der Waals surface area contributed by atoms with Crippen molar-refractivity contribution in [1.82, 2.24) is 4.98 Å². The molecule has 1 aromatic rings. The third-order valence-electron chi connectivity index (χ3n) is 1.85. The van der Waals surface area contributed by atoms with Gasteiger partial charge in [0, 0.05) is 12.4 Å². The molecule has 1 rings (SSSR count). The van der Waals surface area contributed by atoms with Crippen molar-refractivity contribution in [3.8, 4) is 0 Å². The van der Waals surface area contributed by atoms with E-state index in [0.717, 1.165) is 0 Å². The maximum atomic E-state index is 11.1. The Balaban J connectivity index is 3.15. The Labute approximate surface area is 83.7 Å². The second kappa shape index (κ2) is 4.06. The zero-order valence-corrected chi connectivity index (χ0v) is 8.61. The van der Waals surface area contributed by atoms with Crippen molar-refractivity contribution in [2.45, 2.75) is 12.2 Å². The van der Waals surface area contributed by atoms with Gasteiger partial charge in [-0.3, -0.25) is 9.54 Å². The molecule has 0 spiro atoms. The lowest BCUT2D eigenvalue weighted by Gasteiger charge is -2.17. The molecule has 0 aromatic carbocycles. The van der Waals surface area contributed by atoms with Crippen LogP contribution in [0, 0.1) is 12.8 Å². The average Bonchev–Trinajstić information content (AvgIpc) is 2.02. The topological polar surface area (TPSA) is 67.3 Å². The Bertz CT molecular complexity index is 386. The van der Waals surface area contributed by atoms with Crippen LogP contribution in [0.2, 0.25) is 0 Å². The third-order valence-corrected chi connectivity index (χ3v) is 3.23. The summed E-state index contributed by atoms with van der Waals surface area (Å²) in [6.45, 7) is 5.25. The van der Waals surface area contributed by atoms with E-state index < -0.39 is 21.3 Å². The largest absolute Gasteiger partial charge is 0.285 e. The lowest BCUT2D eigenvalue weighted by atomic mass is 10.0. The summed E-state index contributed by atoms with van der Waals surface area (Å²) >= 11 is 0. The molecule has 0 aliphatic rings. The molecule has 0 bridgehead atoms. The zero-order valence-electron chi connectivity index (χ0n) is 7.79. The first-order chi connectivity index (χ1) is 6.43. The van der Waals surface area contributed by atoms with Gasteiger partial charge in [0.15, 0.2) is 0 Å². The number of hydrogen-bond donors (Lipinski definition) is 1. The second-order valence-electron chi connectivity index (χ2n) is 3.20. The van der Waals surface area contributed by atoms with E-state index in [1.807, 2.05) is 0 Å². The van der Waals surface area contributed by atoms with Gasteiger partial charge in [0.1, 0.15) is 5.25 Å². The Kier molecular flexibility index (Phi) is 3.23. The van der Waals surface area contributed by atoms with Gasteiger partial charge in [-0.2, -0.15) is 8.42 Å². The molecule has 2 unspecified atom stereocenters. The monoisotopic (exact) mass is 214 g/mol. The molecule has 1 radical (unpaired) electrons. The molecule has 0 fully saturated rings. The Morgan fingerprint density at radius 3 is 2.57 bits per heavy atom. The highest BCUT2D eigenvalue weighted by molar-refractivity contribution is 7.86. The molecule has 0 amide bonds. The number of pyridine rings is 1. The molecule has 5 heteroatoms. The maximum absolute atomic E-state index is 11.1. The van der Waals surface area contributed by atoms with E-state index in [-0.39, 0.29) is 0 Å². The van der Waals surface area contributed by atoms with E-state index in [0.29, 0.717) is 5.56 Å². The zero-order chi connectivity index (χ0) is 10.8. The van der Waals surface area contributed by atoms with Crippen LogP contribution in [0.3, 0.4) is 0 Å². The lowest BCUT2D eigenvalue weighted by Crippen LogP contribution is -2.18. The van der Waals surface area contributed by atoms with Gasteiger partial charge in [-0.1, -0.05) is 13.0 Å². The third kappa shape index (κ3) is 2.52. The summed E-state index contributed by atoms with van der Waals surface area (Å²) in [5.41, 5.74) is 0.456. The second-order valence-corrected chi connectivity index (χ2v) is 4.74. The quantitative estimate of drug-likeness (QED) is 0.774. The molecule has 77 valence electrons. The molecule has 2 atom stereocenters. The van der Waals surface area contributed by atoms with Crippen LogP contribution >= 0.6 is 0 Å². The molecule has 0 saturated carbocycles. The van der Waals surface area contributed by atoms with Crippen molar-refractivity contribution in [3.05, 3.63) is 37.0 Å². The van der Waals surface area contributed by atoms with Gasteiger partial charge in [-0.05, 0) is 24.5 Å². The molecular weight excluding hydrogens is 202 g/mol. The van der Waals surface area contributed by atoms with Gasteiger partial charge < -0.3 is 0 Å². The fourth-order valence-electron chi connectivity index (χ4n) is 1.34. The van der Waals surface area contributed by atoms with Gasteiger partial charge in [-0.15, -0.1) is 0 Å². The Morgan fingerprint density at radius 2 is 2.21 bits per heavy atom. The first kappa shape index (κ1) is 11.1. The van der Waals surface area contributed by atoms with Crippen LogP contribution in [0.15, 0.2) is 24.5 Å². The summed E-state index contributed by atoms with van der Waals surface area (Å²) < 4.78 is 31.1. The normalized spacial score (nSPS) is 14.3. The van der Waals surface area contributed by atoms with Gasteiger partial charge in [-0.25, -0.2) is 0 Å². The summed E-state index contributed by atoms with van der Waals surface area (Å²) in [7, 11) is -4.12. The summed E-state index contributed by atoms with van der Waals surface area (Å²) in [5.74, 6) is -0.436. The average molecular weight is 214 g/mol. The molecule has 0 aliphatic heterocycles. The molecule has 1 heterocycles. The van der Waals surface area contributed by atoms with Crippen LogP contribution in [0.4, 0.5) is 0 Å². The van der Waals surface area contributed by atoms with Gasteiger partial charge in [0.2, 0.25) is 0 Å². The van der Waals surface area contributed by atoms with Crippen LogP contribution in [0.25, 0.3) is 0 Å². The predicted octanol–water partition coefficient (Wildman–Crippen LogP) is 1.48. The van der Waals surface area contributed by atoms with E-state index >= 15 is 0 Å². The Hall–Kier alpha value is -0.940. The summed E-state index contributed by atoms with van der Waals surface area (Å²) in [4.78, 5) is 3.80. The van der Waals surface area contributed by atoms with Crippen LogP contribution in [0.5, 0.6) is 0 Å². The van der Waals surface area contributed by atoms with Crippen LogP contribution in [-0.4, -0.2) is 18.0 Å². The molecule has 4 nitrogen and oxygen atoms in total. The number of nitrogens with zero attached hydrogens (tertiary/aromatic N) is 1. The molecule has 0 aliphatic carbocycles. The van der Waals surface area contributed by atoms with Crippen molar-refractivity contribution < 1.29 is 13.0 Å². The first-order valence-electron chi connectivity index (χ1n) is 4.12. The minimum atomic E-state index is -4.12. The van der Waals surface area contributed by atoms with E-state index in [2.05, 4.69) is 11.9 Å². The van der Waals surface area contributed by atoms with Gasteiger partial charge in [0.25, 0.3) is 10.1 Å². The highest BCUT2D eigenvalue weighted by Crippen LogP contribution is 2.28. The van der Waals surface area contributed by atoms with E-state index in [9.17, 15) is 8.42 Å². The van der Waals surface area contributed by atoms with Crippen molar-refractivity contribution in [1.29, 1.82) is 0 Å². The van der Waals surface area contributed by atoms with Crippen molar-refractivity contribution >= 4 is 10.1 Å². The maximum Gasteiger partial charge on any atom is 0.272 e. The summed E-state index contributed by atoms with van der Waals surface area (Å²) in [6, 6.07) is 3.23. The highest BCUT2D eigenvalue weighted by atomic mass is 32.2. The summed E-state index contributed by atoms with van der Waals surface area (Å²) in [6.07, 6.45) is 2.96. The highest BCUT2D eigenvalue weighted by Gasteiger charge is 2.28. The smallest absolute Gasteiger partial charge is 0.272 e. The van der Waals surface area contributed by atoms with Crippen molar-refractivity contribution in [2.75, 3.05) is 0 Å².